The Morgan fingerprint density at radius 2 is 2.00 bits per heavy atom. The molecule has 1 amide bonds. The molecular formula is C11H20N2O. The van der Waals surface area contributed by atoms with Gasteiger partial charge in [-0.25, -0.2) is 0 Å². The zero-order valence-electron chi connectivity index (χ0n) is 8.96. The number of hydrogen-bond acceptors (Lipinski definition) is 2. The Morgan fingerprint density at radius 1 is 1.36 bits per heavy atom. The standard InChI is InChI=1S/C11H20N2O/c1-9(12)10(14)13-7-6-11(8-13)4-2-3-5-11/h9H,2-8,12H2,1H3/t9-/m0/s1. The smallest absolute Gasteiger partial charge is 0.239 e. The molecule has 0 aromatic heterocycles. The van der Waals surface area contributed by atoms with Crippen molar-refractivity contribution in [1.29, 1.82) is 0 Å². The van der Waals surface area contributed by atoms with E-state index in [4.69, 9.17) is 5.73 Å². The van der Waals surface area contributed by atoms with E-state index in [1.165, 1.54) is 32.1 Å². The number of carbonyl (C=O) groups excluding carboxylic acids is 1. The van der Waals surface area contributed by atoms with E-state index in [1.54, 1.807) is 6.92 Å². The fraction of sp³-hybridized carbons (Fsp3) is 0.909. The van der Waals surface area contributed by atoms with Gasteiger partial charge in [0.15, 0.2) is 0 Å². The molecule has 3 nitrogen and oxygen atoms in total. The van der Waals surface area contributed by atoms with Crippen molar-refractivity contribution in [3.8, 4) is 0 Å². The molecule has 1 spiro atoms. The second kappa shape index (κ2) is 3.54. The highest BCUT2D eigenvalue weighted by Crippen LogP contribution is 2.45. The largest absolute Gasteiger partial charge is 0.341 e. The zero-order chi connectivity index (χ0) is 10.2. The fourth-order valence-electron chi connectivity index (χ4n) is 2.94. The second-order valence-corrected chi connectivity index (χ2v) is 5.01. The van der Waals surface area contributed by atoms with Crippen molar-refractivity contribution in [3.63, 3.8) is 0 Å². The highest BCUT2D eigenvalue weighted by molar-refractivity contribution is 5.81. The van der Waals surface area contributed by atoms with Crippen molar-refractivity contribution in [3.05, 3.63) is 0 Å². The van der Waals surface area contributed by atoms with Crippen molar-refractivity contribution in [2.75, 3.05) is 13.1 Å². The quantitative estimate of drug-likeness (QED) is 0.683. The Morgan fingerprint density at radius 3 is 2.57 bits per heavy atom. The molecule has 2 N–H and O–H groups in total. The van der Waals surface area contributed by atoms with Crippen LogP contribution in [0.25, 0.3) is 0 Å². The zero-order valence-corrected chi connectivity index (χ0v) is 8.96. The van der Waals surface area contributed by atoms with Crippen LogP contribution in [-0.2, 0) is 4.79 Å². The van der Waals surface area contributed by atoms with Gasteiger partial charge in [-0.2, -0.15) is 0 Å². The molecule has 0 aromatic rings. The summed E-state index contributed by atoms with van der Waals surface area (Å²) in [4.78, 5) is 13.7. The first-order valence-electron chi connectivity index (χ1n) is 5.67. The average Bonchev–Trinajstić information content (AvgIpc) is 2.76. The van der Waals surface area contributed by atoms with Gasteiger partial charge < -0.3 is 10.6 Å². The Labute approximate surface area is 85.6 Å². The summed E-state index contributed by atoms with van der Waals surface area (Å²) in [5.41, 5.74) is 6.09. The minimum absolute atomic E-state index is 0.133. The van der Waals surface area contributed by atoms with Crippen molar-refractivity contribution in [2.45, 2.75) is 45.1 Å². The average molecular weight is 196 g/mol. The molecule has 1 atom stereocenters. The molecule has 80 valence electrons. The van der Waals surface area contributed by atoms with Gasteiger partial charge in [-0.1, -0.05) is 12.8 Å². The van der Waals surface area contributed by atoms with E-state index in [1.807, 2.05) is 4.90 Å². The van der Waals surface area contributed by atoms with Crippen LogP contribution in [0.3, 0.4) is 0 Å². The van der Waals surface area contributed by atoms with Gasteiger partial charge in [0.1, 0.15) is 0 Å². The first-order valence-corrected chi connectivity index (χ1v) is 5.67. The predicted molar refractivity (Wildman–Crippen MR) is 55.7 cm³/mol. The normalized spacial score (nSPS) is 27.1. The Hall–Kier alpha value is -0.570. The highest BCUT2D eigenvalue weighted by Gasteiger charge is 2.41. The third-order valence-electron chi connectivity index (χ3n) is 3.80. The van der Waals surface area contributed by atoms with Crippen LogP contribution in [0.15, 0.2) is 0 Å². The van der Waals surface area contributed by atoms with Gasteiger partial charge in [-0.05, 0) is 31.6 Å². The van der Waals surface area contributed by atoms with E-state index in [2.05, 4.69) is 0 Å². The van der Waals surface area contributed by atoms with Crippen LogP contribution in [0, 0.1) is 5.41 Å². The summed E-state index contributed by atoms with van der Waals surface area (Å²) >= 11 is 0. The molecular weight excluding hydrogens is 176 g/mol. The summed E-state index contributed by atoms with van der Waals surface area (Å²) in [5.74, 6) is 0.133. The van der Waals surface area contributed by atoms with Crippen LogP contribution in [0.1, 0.15) is 39.0 Å². The summed E-state index contributed by atoms with van der Waals surface area (Å²) in [7, 11) is 0. The number of nitrogens with zero attached hydrogens (tertiary/aromatic N) is 1. The summed E-state index contributed by atoms with van der Waals surface area (Å²) in [6, 6.07) is -0.327. The Kier molecular flexibility index (Phi) is 2.52. The van der Waals surface area contributed by atoms with Gasteiger partial charge in [0.05, 0.1) is 6.04 Å². The lowest BCUT2D eigenvalue weighted by Crippen LogP contribution is -2.41. The van der Waals surface area contributed by atoms with Crippen LogP contribution >= 0.6 is 0 Å². The van der Waals surface area contributed by atoms with Crippen LogP contribution in [-0.4, -0.2) is 29.9 Å². The summed E-state index contributed by atoms with van der Waals surface area (Å²) in [5, 5.41) is 0. The maximum absolute atomic E-state index is 11.7. The minimum atomic E-state index is -0.327. The molecule has 1 aliphatic heterocycles. The van der Waals surface area contributed by atoms with Crippen LogP contribution in [0.2, 0.25) is 0 Å². The molecule has 14 heavy (non-hydrogen) atoms. The molecule has 1 aliphatic carbocycles. The summed E-state index contributed by atoms with van der Waals surface area (Å²) in [6.45, 7) is 3.68. The second-order valence-electron chi connectivity index (χ2n) is 5.01. The lowest BCUT2D eigenvalue weighted by Gasteiger charge is -2.24. The third kappa shape index (κ3) is 1.65. The van der Waals surface area contributed by atoms with Crippen LogP contribution in [0.5, 0.6) is 0 Å². The van der Waals surface area contributed by atoms with E-state index < -0.39 is 0 Å². The predicted octanol–water partition coefficient (Wildman–Crippen LogP) is 1.13. The van der Waals surface area contributed by atoms with Crippen LogP contribution in [0.4, 0.5) is 0 Å². The van der Waals surface area contributed by atoms with E-state index in [0.717, 1.165) is 13.1 Å². The van der Waals surface area contributed by atoms with Gasteiger partial charge >= 0.3 is 0 Å². The lowest BCUT2D eigenvalue weighted by molar-refractivity contribution is -0.131. The van der Waals surface area contributed by atoms with Gasteiger partial charge in [0, 0.05) is 13.1 Å². The Bertz CT molecular complexity index is 231. The number of amides is 1. The number of nitrogens with two attached hydrogens (primary N) is 1. The topological polar surface area (TPSA) is 46.3 Å². The van der Waals surface area contributed by atoms with E-state index in [-0.39, 0.29) is 11.9 Å². The number of rotatable bonds is 1. The molecule has 0 aromatic carbocycles. The number of likely N-dealkylation sites (tertiary alicyclic amines) is 1. The van der Waals surface area contributed by atoms with Gasteiger partial charge in [-0.3, -0.25) is 4.79 Å². The van der Waals surface area contributed by atoms with Crippen LogP contribution < -0.4 is 5.73 Å². The molecule has 1 saturated carbocycles. The lowest BCUT2D eigenvalue weighted by atomic mass is 9.86. The molecule has 3 heteroatoms. The molecule has 2 rings (SSSR count). The molecule has 1 heterocycles. The molecule has 2 fully saturated rings. The Balaban J connectivity index is 1.97. The SMILES string of the molecule is C[C@H](N)C(=O)N1CCC2(CCCC2)C1. The first kappa shape index (κ1) is 9.97. The molecule has 1 saturated heterocycles. The highest BCUT2D eigenvalue weighted by atomic mass is 16.2. The molecule has 0 radical (unpaired) electrons. The molecule has 0 unspecified atom stereocenters. The van der Waals surface area contributed by atoms with E-state index in [9.17, 15) is 4.79 Å². The maximum atomic E-state index is 11.7. The van der Waals surface area contributed by atoms with Crippen molar-refractivity contribution in [1.82, 2.24) is 4.90 Å². The molecule has 0 bridgehead atoms. The monoisotopic (exact) mass is 196 g/mol. The first-order chi connectivity index (χ1) is 6.63. The van der Waals surface area contributed by atoms with Crippen molar-refractivity contribution < 1.29 is 4.79 Å². The third-order valence-corrected chi connectivity index (χ3v) is 3.80. The fourth-order valence-corrected chi connectivity index (χ4v) is 2.94. The number of hydrogen-bond donors (Lipinski definition) is 1. The molecule has 2 aliphatic rings. The summed E-state index contributed by atoms with van der Waals surface area (Å²) in [6.07, 6.45) is 6.53. The van der Waals surface area contributed by atoms with E-state index >= 15 is 0 Å². The van der Waals surface area contributed by atoms with E-state index in [0.29, 0.717) is 5.41 Å². The van der Waals surface area contributed by atoms with Gasteiger partial charge in [-0.15, -0.1) is 0 Å². The van der Waals surface area contributed by atoms with Gasteiger partial charge in [0.25, 0.3) is 0 Å². The maximum Gasteiger partial charge on any atom is 0.239 e. The number of carbonyl (C=O) groups is 1. The minimum Gasteiger partial charge on any atom is -0.341 e. The van der Waals surface area contributed by atoms with Crippen molar-refractivity contribution in [2.24, 2.45) is 11.1 Å². The van der Waals surface area contributed by atoms with Crippen molar-refractivity contribution >= 4 is 5.91 Å². The summed E-state index contributed by atoms with van der Waals surface area (Å²) < 4.78 is 0. The van der Waals surface area contributed by atoms with Gasteiger partial charge in [0.2, 0.25) is 5.91 Å².